The second kappa shape index (κ2) is 6.14. The molecule has 1 aliphatic heterocycles. The lowest BCUT2D eigenvalue weighted by Gasteiger charge is -2.25. The fourth-order valence-electron chi connectivity index (χ4n) is 2.15. The molecule has 96 valence electrons. The number of benzene rings is 1. The summed E-state index contributed by atoms with van der Waals surface area (Å²) < 4.78 is 1.03. The predicted molar refractivity (Wildman–Crippen MR) is 73.3 cm³/mol. The number of hydrogen-bond acceptors (Lipinski definition) is 2. The maximum absolute atomic E-state index is 12.0. The Labute approximate surface area is 115 Å². The van der Waals surface area contributed by atoms with E-state index in [1.807, 2.05) is 24.3 Å². The highest BCUT2D eigenvalue weighted by molar-refractivity contribution is 9.10. The Hall–Kier alpha value is -1.16. The maximum atomic E-state index is 12.0. The fourth-order valence-corrected chi connectivity index (χ4v) is 2.63. The summed E-state index contributed by atoms with van der Waals surface area (Å²) in [5.41, 5.74) is 1.13. The first-order valence-corrected chi connectivity index (χ1v) is 6.99. The number of likely N-dealkylation sites (tertiary alicyclic amines) is 1. The molecule has 1 saturated heterocycles. The van der Waals surface area contributed by atoms with Gasteiger partial charge in [-0.15, -0.1) is 0 Å². The van der Waals surface area contributed by atoms with Gasteiger partial charge >= 0.3 is 0 Å². The Morgan fingerprint density at radius 3 is 2.83 bits per heavy atom. The summed E-state index contributed by atoms with van der Waals surface area (Å²) in [7, 11) is 0. The van der Waals surface area contributed by atoms with Crippen LogP contribution < -0.4 is 0 Å². The third kappa shape index (κ3) is 3.42. The zero-order valence-corrected chi connectivity index (χ0v) is 11.8. The van der Waals surface area contributed by atoms with Crippen LogP contribution in [0.4, 0.5) is 0 Å². The van der Waals surface area contributed by atoms with Crippen LogP contribution in [0.2, 0.25) is 0 Å². The molecule has 0 unspecified atom stereocenters. The van der Waals surface area contributed by atoms with E-state index in [1.54, 1.807) is 4.90 Å². The van der Waals surface area contributed by atoms with Crippen molar-refractivity contribution in [2.45, 2.75) is 25.7 Å². The number of aryl methyl sites for hydroxylation is 1. The van der Waals surface area contributed by atoms with E-state index in [9.17, 15) is 9.59 Å². The number of ketones is 1. The SMILES string of the molecule is O=C1CCCN(C(=O)CCc2ccccc2Br)C1. The van der Waals surface area contributed by atoms with Gasteiger partial charge in [-0.3, -0.25) is 9.59 Å². The molecule has 4 heteroatoms. The van der Waals surface area contributed by atoms with Gasteiger partial charge in [0, 0.05) is 23.9 Å². The summed E-state index contributed by atoms with van der Waals surface area (Å²) >= 11 is 3.47. The standard InChI is InChI=1S/C14H16BrNO2/c15-13-6-2-1-4-11(13)7-8-14(18)16-9-3-5-12(17)10-16/h1-2,4,6H,3,5,7-10H2. The van der Waals surface area contributed by atoms with Crippen molar-refractivity contribution in [2.24, 2.45) is 0 Å². The van der Waals surface area contributed by atoms with Gasteiger partial charge in [-0.1, -0.05) is 34.1 Å². The number of nitrogens with zero attached hydrogens (tertiary/aromatic N) is 1. The van der Waals surface area contributed by atoms with Crippen LogP contribution in [0.25, 0.3) is 0 Å². The van der Waals surface area contributed by atoms with Crippen LogP contribution in [0.5, 0.6) is 0 Å². The van der Waals surface area contributed by atoms with E-state index in [0.29, 0.717) is 25.8 Å². The molecular formula is C14H16BrNO2. The van der Waals surface area contributed by atoms with Crippen molar-refractivity contribution in [3.05, 3.63) is 34.3 Å². The Bertz CT molecular complexity index is 459. The van der Waals surface area contributed by atoms with Gasteiger partial charge in [-0.2, -0.15) is 0 Å². The molecule has 1 aromatic carbocycles. The molecule has 0 atom stereocenters. The Kier molecular flexibility index (Phi) is 4.53. The Morgan fingerprint density at radius 1 is 1.33 bits per heavy atom. The van der Waals surface area contributed by atoms with Gasteiger partial charge in [-0.05, 0) is 24.5 Å². The highest BCUT2D eigenvalue weighted by Gasteiger charge is 2.21. The average molecular weight is 310 g/mol. The van der Waals surface area contributed by atoms with E-state index in [2.05, 4.69) is 15.9 Å². The van der Waals surface area contributed by atoms with Gasteiger partial charge in [0.25, 0.3) is 0 Å². The van der Waals surface area contributed by atoms with Gasteiger partial charge < -0.3 is 4.90 Å². The van der Waals surface area contributed by atoms with Gasteiger partial charge in [0.15, 0.2) is 5.78 Å². The first-order chi connectivity index (χ1) is 8.66. The molecule has 1 fully saturated rings. The van der Waals surface area contributed by atoms with Crippen LogP contribution in [-0.2, 0) is 16.0 Å². The number of rotatable bonds is 3. The van der Waals surface area contributed by atoms with Crippen LogP contribution in [0.1, 0.15) is 24.8 Å². The van der Waals surface area contributed by atoms with Crippen LogP contribution in [-0.4, -0.2) is 29.7 Å². The third-order valence-electron chi connectivity index (χ3n) is 3.17. The smallest absolute Gasteiger partial charge is 0.223 e. The first kappa shape index (κ1) is 13.3. The molecule has 1 amide bonds. The summed E-state index contributed by atoms with van der Waals surface area (Å²) in [4.78, 5) is 25.0. The molecule has 0 N–H and O–H groups in total. The van der Waals surface area contributed by atoms with Crippen molar-refractivity contribution in [1.82, 2.24) is 4.90 Å². The summed E-state index contributed by atoms with van der Waals surface area (Å²) in [5, 5.41) is 0. The lowest BCUT2D eigenvalue weighted by Crippen LogP contribution is -2.40. The van der Waals surface area contributed by atoms with Crippen LogP contribution in [0, 0.1) is 0 Å². The minimum Gasteiger partial charge on any atom is -0.335 e. The van der Waals surface area contributed by atoms with Crippen LogP contribution >= 0.6 is 15.9 Å². The minimum atomic E-state index is 0.0822. The zero-order chi connectivity index (χ0) is 13.0. The molecule has 1 heterocycles. The van der Waals surface area contributed by atoms with Gasteiger partial charge in [0.2, 0.25) is 5.91 Å². The van der Waals surface area contributed by atoms with Crippen molar-refractivity contribution in [3.63, 3.8) is 0 Å². The molecule has 1 aliphatic rings. The highest BCUT2D eigenvalue weighted by Crippen LogP contribution is 2.18. The number of halogens is 1. The molecule has 0 aromatic heterocycles. The van der Waals surface area contributed by atoms with Crippen molar-refractivity contribution < 1.29 is 9.59 Å². The molecule has 0 aliphatic carbocycles. The quantitative estimate of drug-likeness (QED) is 0.860. The predicted octanol–water partition coefficient (Wildman–Crippen LogP) is 2.57. The highest BCUT2D eigenvalue weighted by atomic mass is 79.9. The van der Waals surface area contributed by atoms with Crippen LogP contribution in [0.3, 0.4) is 0 Å². The topological polar surface area (TPSA) is 37.4 Å². The number of Topliss-reactive ketones (excluding diaryl/α,β-unsaturated/α-hetero) is 1. The fraction of sp³-hybridized carbons (Fsp3) is 0.429. The number of carbonyl (C=O) groups is 2. The molecular weight excluding hydrogens is 294 g/mol. The van der Waals surface area contributed by atoms with Crippen molar-refractivity contribution >= 4 is 27.6 Å². The monoisotopic (exact) mass is 309 g/mol. The number of piperidine rings is 1. The molecule has 0 saturated carbocycles. The average Bonchev–Trinajstić information content (AvgIpc) is 2.37. The summed E-state index contributed by atoms with van der Waals surface area (Å²) in [5.74, 6) is 0.259. The number of hydrogen-bond donors (Lipinski definition) is 0. The Morgan fingerprint density at radius 2 is 2.11 bits per heavy atom. The third-order valence-corrected chi connectivity index (χ3v) is 3.94. The lowest BCUT2D eigenvalue weighted by molar-refractivity contribution is -0.137. The Balaban J connectivity index is 1.88. The van der Waals surface area contributed by atoms with E-state index in [4.69, 9.17) is 0 Å². The molecule has 0 bridgehead atoms. The second-order valence-electron chi connectivity index (χ2n) is 4.55. The minimum absolute atomic E-state index is 0.0822. The zero-order valence-electron chi connectivity index (χ0n) is 10.2. The molecule has 0 spiro atoms. The van der Waals surface area contributed by atoms with Crippen LogP contribution in [0.15, 0.2) is 28.7 Å². The van der Waals surface area contributed by atoms with E-state index in [0.717, 1.165) is 23.0 Å². The van der Waals surface area contributed by atoms with Gasteiger partial charge in [0.05, 0.1) is 6.54 Å². The summed E-state index contributed by atoms with van der Waals surface area (Å²) in [6.07, 6.45) is 2.61. The molecule has 3 nitrogen and oxygen atoms in total. The lowest BCUT2D eigenvalue weighted by atomic mass is 10.1. The molecule has 1 aromatic rings. The largest absolute Gasteiger partial charge is 0.335 e. The van der Waals surface area contributed by atoms with Gasteiger partial charge in [-0.25, -0.2) is 0 Å². The maximum Gasteiger partial charge on any atom is 0.223 e. The van der Waals surface area contributed by atoms with E-state index >= 15 is 0 Å². The molecule has 0 radical (unpaired) electrons. The van der Waals surface area contributed by atoms with E-state index in [1.165, 1.54) is 0 Å². The second-order valence-corrected chi connectivity index (χ2v) is 5.40. The summed E-state index contributed by atoms with van der Waals surface area (Å²) in [6.45, 7) is 1.02. The van der Waals surface area contributed by atoms with Gasteiger partial charge in [0.1, 0.15) is 0 Å². The van der Waals surface area contributed by atoms with E-state index < -0.39 is 0 Å². The van der Waals surface area contributed by atoms with Crippen molar-refractivity contribution in [2.75, 3.05) is 13.1 Å². The van der Waals surface area contributed by atoms with E-state index in [-0.39, 0.29) is 11.7 Å². The van der Waals surface area contributed by atoms with Crippen molar-refractivity contribution in [3.8, 4) is 0 Å². The molecule has 2 rings (SSSR count). The summed E-state index contributed by atoms with van der Waals surface area (Å²) in [6, 6.07) is 7.91. The number of amides is 1. The normalized spacial score (nSPS) is 15.8. The molecule has 18 heavy (non-hydrogen) atoms. The number of carbonyl (C=O) groups excluding carboxylic acids is 2. The first-order valence-electron chi connectivity index (χ1n) is 6.19. The van der Waals surface area contributed by atoms with Crippen molar-refractivity contribution in [1.29, 1.82) is 0 Å².